The molecule has 0 spiro atoms. The number of hydrogen-bond acceptors (Lipinski definition) is 5. The third kappa shape index (κ3) is 2.12. The first-order valence-corrected chi connectivity index (χ1v) is 7.42. The second-order valence-corrected chi connectivity index (χ2v) is 5.76. The van der Waals surface area contributed by atoms with Gasteiger partial charge in [-0.05, 0) is 25.1 Å². The highest BCUT2D eigenvalue weighted by Crippen LogP contribution is 2.32. The maximum Gasteiger partial charge on any atom is 0.161 e. The summed E-state index contributed by atoms with van der Waals surface area (Å²) in [6, 6.07) is 8.98. The zero-order valence-corrected chi connectivity index (χ0v) is 12.7. The normalized spacial score (nSPS) is 17.8. The second kappa shape index (κ2) is 5.06. The van der Waals surface area contributed by atoms with Crippen molar-refractivity contribution in [2.45, 2.75) is 19.5 Å². The second-order valence-electron chi connectivity index (χ2n) is 5.76. The fraction of sp³-hybridized carbons (Fsp3) is 0.312. The Kier molecular flexibility index (Phi) is 3.04. The third-order valence-corrected chi connectivity index (χ3v) is 4.25. The van der Waals surface area contributed by atoms with Crippen molar-refractivity contribution in [3.8, 4) is 0 Å². The van der Waals surface area contributed by atoms with Gasteiger partial charge in [0.15, 0.2) is 5.65 Å². The Bertz CT molecular complexity index is 824. The molecule has 112 valence electrons. The molecule has 2 N–H and O–H groups in total. The summed E-state index contributed by atoms with van der Waals surface area (Å²) in [4.78, 5) is 11.2. The lowest BCUT2D eigenvalue weighted by Gasteiger charge is -2.21. The maximum absolute atomic E-state index is 4.51. The number of H-pyrrole nitrogens is 1. The van der Waals surface area contributed by atoms with E-state index >= 15 is 0 Å². The van der Waals surface area contributed by atoms with Crippen LogP contribution in [0.5, 0.6) is 0 Å². The van der Waals surface area contributed by atoms with Crippen LogP contribution in [0.15, 0.2) is 30.5 Å². The maximum atomic E-state index is 4.51. The lowest BCUT2D eigenvalue weighted by atomic mass is 10.1. The topological polar surface area (TPSA) is 69.7 Å². The molecule has 3 heterocycles. The van der Waals surface area contributed by atoms with Crippen molar-refractivity contribution in [2.24, 2.45) is 0 Å². The Labute approximate surface area is 128 Å². The lowest BCUT2D eigenvalue weighted by molar-refractivity contribution is 0.279. The molecule has 0 saturated heterocycles. The highest BCUT2D eigenvalue weighted by atomic mass is 15.2. The Morgan fingerprint density at radius 1 is 1.32 bits per heavy atom. The Balaban J connectivity index is 1.61. The average Bonchev–Trinajstić information content (AvgIpc) is 3.08. The Morgan fingerprint density at radius 3 is 3.09 bits per heavy atom. The van der Waals surface area contributed by atoms with Crippen LogP contribution in [-0.2, 0) is 6.54 Å². The van der Waals surface area contributed by atoms with Crippen molar-refractivity contribution < 1.29 is 0 Å². The van der Waals surface area contributed by atoms with Gasteiger partial charge in [-0.1, -0.05) is 24.3 Å². The zero-order chi connectivity index (χ0) is 15.1. The Morgan fingerprint density at radius 2 is 2.18 bits per heavy atom. The molecule has 6 heteroatoms. The predicted molar refractivity (Wildman–Crippen MR) is 85.6 cm³/mol. The SMILES string of the molecule is Cc1nc(NCC2c3ccccc3CN2C)c2cn[nH]c2n1. The molecule has 0 radical (unpaired) electrons. The minimum Gasteiger partial charge on any atom is -0.367 e. The summed E-state index contributed by atoms with van der Waals surface area (Å²) in [5, 5.41) is 11.4. The smallest absolute Gasteiger partial charge is 0.161 e. The first-order chi connectivity index (χ1) is 10.7. The summed E-state index contributed by atoms with van der Waals surface area (Å²) in [5.41, 5.74) is 3.58. The van der Waals surface area contributed by atoms with Crippen molar-refractivity contribution in [1.82, 2.24) is 25.1 Å². The van der Waals surface area contributed by atoms with Gasteiger partial charge >= 0.3 is 0 Å². The summed E-state index contributed by atoms with van der Waals surface area (Å²) in [6.45, 7) is 3.69. The van der Waals surface area contributed by atoms with Gasteiger partial charge in [-0.25, -0.2) is 9.97 Å². The van der Waals surface area contributed by atoms with E-state index in [0.717, 1.165) is 35.8 Å². The van der Waals surface area contributed by atoms with E-state index in [4.69, 9.17) is 0 Å². The summed E-state index contributed by atoms with van der Waals surface area (Å²) >= 11 is 0. The minimum absolute atomic E-state index is 0.355. The number of aromatic amines is 1. The van der Waals surface area contributed by atoms with Crippen LogP contribution in [0, 0.1) is 6.92 Å². The van der Waals surface area contributed by atoms with Crippen LogP contribution in [0.2, 0.25) is 0 Å². The van der Waals surface area contributed by atoms with E-state index in [9.17, 15) is 0 Å². The molecule has 0 fully saturated rings. The quantitative estimate of drug-likeness (QED) is 0.775. The summed E-state index contributed by atoms with van der Waals surface area (Å²) < 4.78 is 0. The standard InChI is InChI=1S/C16H18N6/c1-10-19-15(13-7-18-21-16(13)20-10)17-8-14-12-6-4-3-5-11(12)9-22(14)2/h3-7,14H,8-9H2,1-2H3,(H2,17,18,19,20,21). The molecule has 1 atom stereocenters. The van der Waals surface area contributed by atoms with Crippen LogP contribution in [0.3, 0.4) is 0 Å². The number of nitrogens with one attached hydrogen (secondary N) is 2. The average molecular weight is 294 g/mol. The van der Waals surface area contributed by atoms with Crippen molar-refractivity contribution in [1.29, 1.82) is 0 Å². The summed E-state index contributed by atoms with van der Waals surface area (Å²) in [5.74, 6) is 1.58. The molecule has 22 heavy (non-hydrogen) atoms. The van der Waals surface area contributed by atoms with Gasteiger partial charge in [0, 0.05) is 13.1 Å². The van der Waals surface area contributed by atoms with Crippen molar-refractivity contribution in [2.75, 3.05) is 18.9 Å². The van der Waals surface area contributed by atoms with Crippen molar-refractivity contribution >= 4 is 16.9 Å². The monoisotopic (exact) mass is 294 g/mol. The van der Waals surface area contributed by atoms with Crippen molar-refractivity contribution in [3.05, 3.63) is 47.4 Å². The minimum atomic E-state index is 0.355. The molecule has 1 aliphatic rings. The molecule has 3 aromatic rings. The van der Waals surface area contributed by atoms with Gasteiger partial charge in [-0.2, -0.15) is 5.10 Å². The fourth-order valence-corrected chi connectivity index (χ4v) is 3.16. The van der Waals surface area contributed by atoms with Gasteiger partial charge in [-0.3, -0.25) is 10.00 Å². The molecule has 1 aromatic carbocycles. The highest BCUT2D eigenvalue weighted by molar-refractivity contribution is 5.85. The number of rotatable bonds is 3. The zero-order valence-electron chi connectivity index (χ0n) is 12.7. The number of hydrogen-bond donors (Lipinski definition) is 2. The van der Waals surface area contributed by atoms with Gasteiger partial charge < -0.3 is 5.32 Å². The predicted octanol–water partition coefficient (Wildman–Crippen LogP) is 2.26. The molecule has 1 unspecified atom stereocenters. The number of anilines is 1. The molecule has 6 nitrogen and oxygen atoms in total. The number of fused-ring (bicyclic) bond motifs is 2. The largest absolute Gasteiger partial charge is 0.367 e. The van der Waals surface area contributed by atoms with Gasteiger partial charge in [0.2, 0.25) is 0 Å². The van der Waals surface area contributed by atoms with Gasteiger partial charge in [-0.15, -0.1) is 0 Å². The molecule has 0 saturated carbocycles. The van der Waals surface area contributed by atoms with Crippen LogP contribution in [0.4, 0.5) is 5.82 Å². The number of nitrogens with zero attached hydrogens (tertiary/aromatic N) is 4. The molecular formula is C16H18N6. The number of likely N-dealkylation sites (N-methyl/N-ethyl adjacent to an activating group) is 1. The van der Waals surface area contributed by atoms with Gasteiger partial charge in [0.25, 0.3) is 0 Å². The third-order valence-electron chi connectivity index (χ3n) is 4.25. The molecule has 0 bridgehead atoms. The molecule has 4 rings (SSSR count). The van der Waals surface area contributed by atoms with Crippen molar-refractivity contribution in [3.63, 3.8) is 0 Å². The van der Waals surface area contributed by atoms with Gasteiger partial charge in [0.05, 0.1) is 17.6 Å². The number of benzene rings is 1. The van der Waals surface area contributed by atoms with Gasteiger partial charge in [0.1, 0.15) is 11.6 Å². The summed E-state index contributed by atoms with van der Waals surface area (Å²) in [6.07, 6.45) is 1.77. The van der Waals surface area contributed by atoms with E-state index in [0.29, 0.717) is 6.04 Å². The number of aromatic nitrogens is 4. The van der Waals surface area contributed by atoms with E-state index < -0.39 is 0 Å². The van der Waals surface area contributed by atoms with Crippen LogP contribution < -0.4 is 5.32 Å². The molecule has 0 aliphatic carbocycles. The van der Waals surface area contributed by atoms with E-state index in [-0.39, 0.29) is 0 Å². The first-order valence-electron chi connectivity index (χ1n) is 7.42. The highest BCUT2D eigenvalue weighted by Gasteiger charge is 2.26. The van der Waals surface area contributed by atoms with Crippen LogP contribution >= 0.6 is 0 Å². The summed E-state index contributed by atoms with van der Waals surface area (Å²) in [7, 11) is 2.16. The number of aryl methyl sites for hydroxylation is 1. The van der Waals surface area contributed by atoms with Crippen LogP contribution in [-0.4, -0.2) is 38.7 Å². The lowest BCUT2D eigenvalue weighted by Crippen LogP contribution is -2.24. The Hall–Kier alpha value is -2.47. The van der Waals surface area contributed by atoms with E-state index in [1.807, 2.05) is 6.92 Å². The molecule has 2 aromatic heterocycles. The fourth-order valence-electron chi connectivity index (χ4n) is 3.16. The van der Waals surface area contributed by atoms with E-state index in [1.54, 1.807) is 6.20 Å². The molecule has 0 amide bonds. The van der Waals surface area contributed by atoms with E-state index in [2.05, 4.69) is 61.7 Å². The molecule has 1 aliphatic heterocycles. The first kappa shape index (κ1) is 13.2. The molecular weight excluding hydrogens is 276 g/mol. The van der Waals surface area contributed by atoms with Crippen LogP contribution in [0.1, 0.15) is 23.0 Å². The van der Waals surface area contributed by atoms with Crippen LogP contribution in [0.25, 0.3) is 11.0 Å². The van der Waals surface area contributed by atoms with E-state index in [1.165, 1.54) is 11.1 Å².